The van der Waals surface area contributed by atoms with Crippen LogP contribution in [-0.2, 0) is 6.18 Å². The number of hydrogen-bond acceptors (Lipinski definition) is 2. The van der Waals surface area contributed by atoms with Crippen molar-refractivity contribution < 1.29 is 13.2 Å². The van der Waals surface area contributed by atoms with Crippen LogP contribution in [0.1, 0.15) is 17.3 Å². The van der Waals surface area contributed by atoms with Gasteiger partial charge in [0.1, 0.15) is 6.17 Å². The second kappa shape index (κ2) is 4.91. The van der Waals surface area contributed by atoms with Crippen LogP contribution in [0.15, 0.2) is 60.7 Å². The maximum absolute atomic E-state index is 13.3. The van der Waals surface area contributed by atoms with Crippen molar-refractivity contribution in [2.75, 3.05) is 10.6 Å². The van der Waals surface area contributed by atoms with E-state index in [1.54, 1.807) is 6.07 Å². The molecule has 23 heavy (non-hydrogen) atoms. The number of rotatable bonds is 1. The molecule has 0 unspecified atom stereocenters. The summed E-state index contributed by atoms with van der Waals surface area (Å²) >= 11 is 0. The number of anilines is 2. The van der Waals surface area contributed by atoms with Gasteiger partial charge >= 0.3 is 6.18 Å². The van der Waals surface area contributed by atoms with Crippen molar-refractivity contribution in [2.24, 2.45) is 0 Å². The Kier molecular flexibility index (Phi) is 2.98. The van der Waals surface area contributed by atoms with Crippen LogP contribution in [0.3, 0.4) is 0 Å². The summed E-state index contributed by atoms with van der Waals surface area (Å²) in [6.45, 7) is 0. The van der Waals surface area contributed by atoms with E-state index < -0.39 is 17.9 Å². The van der Waals surface area contributed by atoms with E-state index in [-0.39, 0.29) is 5.56 Å². The number of halogens is 3. The van der Waals surface area contributed by atoms with Crippen LogP contribution in [0.4, 0.5) is 24.5 Å². The van der Waals surface area contributed by atoms with E-state index in [0.717, 1.165) is 28.2 Å². The molecule has 0 saturated heterocycles. The zero-order valence-electron chi connectivity index (χ0n) is 12.0. The Balaban J connectivity index is 1.83. The van der Waals surface area contributed by atoms with Gasteiger partial charge in [0.25, 0.3) is 0 Å². The van der Waals surface area contributed by atoms with Gasteiger partial charge in [0.15, 0.2) is 0 Å². The highest BCUT2D eigenvalue weighted by Gasteiger charge is 2.35. The lowest BCUT2D eigenvalue weighted by Gasteiger charge is -2.31. The normalized spacial score (nSPS) is 14.4. The van der Waals surface area contributed by atoms with Gasteiger partial charge in [0, 0.05) is 22.3 Å². The lowest BCUT2D eigenvalue weighted by Crippen LogP contribution is -2.26. The lowest BCUT2D eigenvalue weighted by molar-refractivity contribution is -0.138. The zero-order valence-corrected chi connectivity index (χ0v) is 12.0. The number of benzene rings is 3. The van der Waals surface area contributed by atoms with E-state index >= 15 is 0 Å². The molecular formula is C18H13F3N2. The van der Waals surface area contributed by atoms with Gasteiger partial charge in [0.2, 0.25) is 0 Å². The van der Waals surface area contributed by atoms with Gasteiger partial charge in [-0.05, 0) is 23.6 Å². The number of alkyl halides is 3. The summed E-state index contributed by atoms with van der Waals surface area (Å²) in [5.74, 6) is 0. The molecule has 0 aromatic heterocycles. The van der Waals surface area contributed by atoms with Crippen molar-refractivity contribution in [1.82, 2.24) is 0 Å². The van der Waals surface area contributed by atoms with E-state index in [4.69, 9.17) is 0 Å². The molecule has 0 saturated carbocycles. The number of hydrogen-bond donors (Lipinski definition) is 2. The average molecular weight is 314 g/mol. The fourth-order valence-electron chi connectivity index (χ4n) is 3.09. The minimum absolute atomic E-state index is 0.187. The minimum atomic E-state index is -4.39. The monoisotopic (exact) mass is 314 g/mol. The fourth-order valence-corrected chi connectivity index (χ4v) is 3.09. The molecule has 0 fully saturated rings. The molecule has 0 spiro atoms. The molecule has 1 aliphatic heterocycles. The first-order chi connectivity index (χ1) is 11.0. The molecule has 2 N–H and O–H groups in total. The van der Waals surface area contributed by atoms with Crippen LogP contribution in [0.5, 0.6) is 0 Å². The molecule has 4 rings (SSSR count). The van der Waals surface area contributed by atoms with E-state index in [1.807, 2.05) is 36.4 Å². The highest BCUT2D eigenvalue weighted by Crippen LogP contribution is 2.41. The Morgan fingerprint density at radius 3 is 1.96 bits per heavy atom. The predicted octanol–water partition coefficient (Wildman–Crippen LogP) is 5.39. The Morgan fingerprint density at radius 2 is 1.35 bits per heavy atom. The molecular weight excluding hydrogens is 301 g/mol. The quantitative estimate of drug-likeness (QED) is 0.629. The first-order valence-corrected chi connectivity index (χ1v) is 7.25. The van der Waals surface area contributed by atoms with Gasteiger partial charge in [-0.3, -0.25) is 0 Å². The van der Waals surface area contributed by atoms with Gasteiger partial charge < -0.3 is 10.6 Å². The van der Waals surface area contributed by atoms with Crippen molar-refractivity contribution in [3.8, 4) is 0 Å². The third-order valence-electron chi connectivity index (χ3n) is 4.08. The van der Waals surface area contributed by atoms with E-state index in [1.165, 1.54) is 12.1 Å². The summed E-state index contributed by atoms with van der Waals surface area (Å²) in [6.07, 6.45) is -5.02. The molecule has 0 amide bonds. The Bertz CT molecular complexity index is 846. The van der Waals surface area contributed by atoms with Crippen LogP contribution in [0, 0.1) is 0 Å². The van der Waals surface area contributed by atoms with Crippen molar-refractivity contribution in [1.29, 1.82) is 0 Å². The van der Waals surface area contributed by atoms with Gasteiger partial charge in [0.05, 0.1) is 5.56 Å². The van der Waals surface area contributed by atoms with Crippen LogP contribution >= 0.6 is 0 Å². The first kappa shape index (κ1) is 13.9. The van der Waals surface area contributed by atoms with Crippen LogP contribution < -0.4 is 10.6 Å². The zero-order chi connectivity index (χ0) is 16.0. The van der Waals surface area contributed by atoms with E-state index in [2.05, 4.69) is 10.6 Å². The molecule has 0 aliphatic carbocycles. The number of nitrogens with one attached hydrogen (secondary N) is 2. The first-order valence-electron chi connectivity index (χ1n) is 7.25. The molecule has 5 heteroatoms. The Hall–Kier alpha value is -2.69. The molecule has 0 radical (unpaired) electrons. The van der Waals surface area contributed by atoms with Crippen molar-refractivity contribution in [2.45, 2.75) is 12.3 Å². The third kappa shape index (κ3) is 2.29. The summed E-state index contributed by atoms with van der Waals surface area (Å²) in [6, 6.07) is 17.2. The molecule has 0 bridgehead atoms. The second-order valence-corrected chi connectivity index (χ2v) is 5.52. The molecule has 0 atom stereocenters. The maximum atomic E-state index is 13.3. The van der Waals surface area contributed by atoms with Crippen LogP contribution in [-0.4, -0.2) is 0 Å². The van der Waals surface area contributed by atoms with Crippen LogP contribution in [0.25, 0.3) is 10.8 Å². The minimum Gasteiger partial charge on any atom is -0.361 e. The van der Waals surface area contributed by atoms with Gasteiger partial charge in [-0.1, -0.05) is 42.5 Å². The van der Waals surface area contributed by atoms with Gasteiger partial charge in [-0.2, -0.15) is 13.2 Å². The standard InChI is InChI=1S/C18H13F3N2/c19-18(20,21)13-8-2-1-7-12(13)17-22-14-9-3-5-11-6-4-10-15(23-17)16(11)14/h1-10,17,22-23H. The Labute approximate surface area is 130 Å². The maximum Gasteiger partial charge on any atom is 0.416 e. The highest BCUT2D eigenvalue weighted by molar-refractivity contribution is 6.04. The smallest absolute Gasteiger partial charge is 0.361 e. The molecule has 1 aliphatic rings. The second-order valence-electron chi connectivity index (χ2n) is 5.52. The summed E-state index contributed by atoms with van der Waals surface area (Å²) in [5, 5.41) is 8.40. The molecule has 3 aromatic rings. The summed E-state index contributed by atoms with van der Waals surface area (Å²) in [5.41, 5.74) is 1.22. The summed E-state index contributed by atoms with van der Waals surface area (Å²) < 4.78 is 39.8. The van der Waals surface area contributed by atoms with E-state index in [9.17, 15) is 13.2 Å². The molecule has 116 valence electrons. The average Bonchev–Trinajstić information content (AvgIpc) is 2.54. The van der Waals surface area contributed by atoms with Gasteiger partial charge in [-0.15, -0.1) is 0 Å². The highest BCUT2D eigenvalue weighted by atomic mass is 19.4. The predicted molar refractivity (Wildman–Crippen MR) is 85.4 cm³/mol. The molecule has 1 heterocycles. The van der Waals surface area contributed by atoms with Crippen molar-refractivity contribution >= 4 is 22.1 Å². The molecule has 2 nitrogen and oxygen atoms in total. The topological polar surface area (TPSA) is 24.1 Å². The van der Waals surface area contributed by atoms with Crippen LogP contribution in [0.2, 0.25) is 0 Å². The van der Waals surface area contributed by atoms with Crippen molar-refractivity contribution in [3.05, 3.63) is 71.8 Å². The summed E-state index contributed by atoms with van der Waals surface area (Å²) in [4.78, 5) is 0. The fraction of sp³-hybridized carbons (Fsp3) is 0.111. The SMILES string of the molecule is FC(F)(F)c1ccccc1C1Nc2cccc3cccc(c23)N1. The Morgan fingerprint density at radius 1 is 0.739 bits per heavy atom. The summed E-state index contributed by atoms with van der Waals surface area (Å²) in [7, 11) is 0. The lowest BCUT2D eigenvalue weighted by atomic mass is 9.99. The largest absolute Gasteiger partial charge is 0.416 e. The van der Waals surface area contributed by atoms with Crippen molar-refractivity contribution in [3.63, 3.8) is 0 Å². The van der Waals surface area contributed by atoms with Gasteiger partial charge in [-0.25, -0.2) is 0 Å². The molecule has 3 aromatic carbocycles. The van der Waals surface area contributed by atoms with E-state index in [0.29, 0.717) is 0 Å². The third-order valence-corrected chi connectivity index (χ3v) is 4.08.